The molecule has 5 nitrogen and oxygen atoms in total. The van der Waals surface area contributed by atoms with Gasteiger partial charge < -0.3 is 9.84 Å². The summed E-state index contributed by atoms with van der Waals surface area (Å²) in [6, 6.07) is 19.0. The first-order chi connectivity index (χ1) is 15.2. The lowest BCUT2D eigenvalue weighted by Gasteiger charge is -2.24. The Morgan fingerprint density at radius 1 is 0.844 bits per heavy atom. The second-order valence-electron chi connectivity index (χ2n) is 7.52. The maximum Gasteiger partial charge on any atom is 0.232 e. The summed E-state index contributed by atoms with van der Waals surface area (Å²) in [4.78, 5) is 37.4. The molecule has 0 bridgehead atoms. The van der Waals surface area contributed by atoms with E-state index in [4.69, 9.17) is 16.3 Å². The number of carbonyl (C=O) groups is 3. The molecule has 164 valence electrons. The molecule has 3 aromatic rings. The third kappa shape index (κ3) is 5.99. The van der Waals surface area contributed by atoms with Crippen LogP contribution in [0.3, 0.4) is 0 Å². The first kappa shape index (κ1) is 23.6. The summed E-state index contributed by atoms with van der Waals surface area (Å²) in [5.41, 5.74) is 0.246. The summed E-state index contributed by atoms with van der Waals surface area (Å²) < 4.78 is 5.83. The zero-order chi connectivity index (χ0) is 23.3. The number of benzene rings is 3. The maximum atomic E-state index is 12.6. The van der Waals surface area contributed by atoms with E-state index in [0.29, 0.717) is 27.5 Å². The zero-order valence-electron chi connectivity index (χ0n) is 17.5. The van der Waals surface area contributed by atoms with Crippen LogP contribution in [0.15, 0.2) is 72.8 Å². The van der Waals surface area contributed by atoms with E-state index in [0.717, 1.165) is 11.8 Å². The summed E-state index contributed by atoms with van der Waals surface area (Å²) in [6.45, 7) is 3.25. The highest BCUT2D eigenvalue weighted by atomic mass is 35.5. The summed E-state index contributed by atoms with van der Waals surface area (Å²) in [7, 11) is 0. The van der Waals surface area contributed by atoms with Crippen molar-refractivity contribution in [1.82, 2.24) is 0 Å². The molecule has 0 aliphatic rings. The minimum Gasteiger partial charge on any atom is -0.508 e. The van der Waals surface area contributed by atoms with Gasteiger partial charge >= 0.3 is 0 Å². The molecule has 0 saturated carbocycles. The molecule has 0 radical (unpaired) electrons. The summed E-state index contributed by atoms with van der Waals surface area (Å²) in [6.07, 6.45) is 0. The fourth-order valence-electron chi connectivity index (χ4n) is 2.81. The van der Waals surface area contributed by atoms with E-state index >= 15 is 0 Å². The highest BCUT2D eigenvalue weighted by molar-refractivity contribution is 8.14. The van der Waals surface area contributed by atoms with Crippen LogP contribution in [0, 0.1) is 0 Å². The molecule has 3 aromatic carbocycles. The van der Waals surface area contributed by atoms with Gasteiger partial charge in [-0.25, -0.2) is 0 Å². The standard InChI is InChI=1S/C25H21ClO5S/c1-25(2,24(30)32-15-22(28)16-5-11-20(27)12-6-16)31-21-13-7-18(8-14-21)23(29)17-3-9-19(26)10-4-17/h3-14,27H,15H2,1-2H3. The Balaban J connectivity index is 1.59. The van der Waals surface area contributed by atoms with Crippen LogP contribution in [-0.2, 0) is 4.79 Å². The Hall–Kier alpha value is -3.09. The normalized spacial score (nSPS) is 11.1. The summed E-state index contributed by atoms with van der Waals surface area (Å²) >= 11 is 6.74. The van der Waals surface area contributed by atoms with E-state index < -0.39 is 5.60 Å². The molecule has 7 heteroatoms. The van der Waals surface area contributed by atoms with Crippen LogP contribution >= 0.6 is 23.4 Å². The Kier molecular flexibility index (Phi) is 7.38. The Morgan fingerprint density at radius 3 is 1.91 bits per heavy atom. The van der Waals surface area contributed by atoms with Crippen LogP contribution < -0.4 is 4.74 Å². The van der Waals surface area contributed by atoms with E-state index in [1.165, 1.54) is 24.3 Å². The van der Waals surface area contributed by atoms with Crippen LogP contribution in [0.4, 0.5) is 0 Å². The van der Waals surface area contributed by atoms with Gasteiger partial charge in [0, 0.05) is 21.7 Å². The smallest absolute Gasteiger partial charge is 0.232 e. The Bertz CT molecular complexity index is 1120. The highest BCUT2D eigenvalue weighted by Gasteiger charge is 2.31. The Labute approximate surface area is 195 Å². The quantitative estimate of drug-likeness (QED) is 0.435. The monoisotopic (exact) mass is 468 g/mol. The summed E-state index contributed by atoms with van der Waals surface area (Å²) in [5, 5.41) is 9.56. The number of hydrogen-bond acceptors (Lipinski definition) is 6. The van der Waals surface area contributed by atoms with Gasteiger partial charge in [-0.15, -0.1) is 0 Å². The average Bonchev–Trinajstić information content (AvgIpc) is 2.78. The molecule has 0 unspecified atom stereocenters. The number of ketones is 2. The van der Waals surface area contributed by atoms with Crippen molar-refractivity contribution in [2.75, 3.05) is 5.75 Å². The van der Waals surface area contributed by atoms with Crippen molar-refractivity contribution >= 4 is 40.0 Å². The van der Waals surface area contributed by atoms with Crippen molar-refractivity contribution in [3.8, 4) is 11.5 Å². The lowest BCUT2D eigenvalue weighted by molar-refractivity contribution is -0.122. The molecule has 0 fully saturated rings. The van der Waals surface area contributed by atoms with Gasteiger partial charge in [0.25, 0.3) is 0 Å². The van der Waals surface area contributed by atoms with Gasteiger partial charge in [-0.2, -0.15) is 0 Å². The number of Topliss-reactive ketones (excluding diaryl/α,β-unsaturated/α-hetero) is 1. The second kappa shape index (κ2) is 10.0. The lowest BCUT2D eigenvalue weighted by atomic mass is 10.0. The van der Waals surface area contributed by atoms with Crippen LogP contribution in [0.2, 0.25) is 5.02 Å². The third-order valence-electron chi connectivity index (χ3n) is 4.61. The predicted octanol–water partition coefficient (Wildman–Crippen LogP) is 5.58. The van der Waals surface area contributed by atoms with Crippen LogP contribution in [0.1, 0.15) is 40.1 Å². The minimum atomic E-state index is -1.18. The third-order valence-corrected chi connectivity index (χ3v) is 6.02. The molecule has 3 rings (SSSR count). The number of phenolic OH excluding ortho intramolecular Hbond substituents is 1. The first-order valence-electron chi connectivity index (χ1n) is 9.74. The molecular weight excluding hydrogens is 448 g/mol. The van der Waals surface area contributed by atoms with Crippen LogP contribution in [0.25, 0.3) is 0 Å². The van der Waals surface area contributed by atoms with Gasteiger partial charge in [-0.1, -0.05) is 23.4 Å². The van der Waals surface area contributed by atoms with Gasteiger partial charge in [0.15, 0.2) is 17.2 Å². The molecule has 0 saturated heterocycles. The largest absolute Gasteiger partial charge is 0.508 e. The fourth-order valence-corrected chi connectivity index (χ4v) is 3.76. The maximum absolute atomic E-state index is 12.6. The number of ether oxygens (including phenoxy) is 1. The van der Waals surface area contributed by atoms with Crippen molar-refractivity contribution in [3.05, 3.63) is 94.5 Å². The number of halogens is 1. The van der Waals surface area contributed by atoms with E-state index in [1.54, 1.807) is 62.4 Å². The molecule has 0 spiro atoms. The van der Waals surface area contributed by atoms with Gasteiger partial charge in [0.1, 0.15) is 11.5 Å². The number of hydrogen-bond donors (Lipinski definition) is 1. The average molecular weight is 469 g/mol. The predicted molar refractivity (Wildman–Crippen MR) is 126 cm³/mol. The fraction of sp³-hybridized carbons (Fsp3) is 0.160. The van der Waals surface area contributed by atoms with E-state index in [2.05, 4.69) is 0 Å². The summed E-state index contributed by atoms with van der Waals surface area (Å²) in [5.74, 6) is 0.100. The van der Waals surface area contributed by atoms with Crippen molar-refractivity contribution in [1.29, 1.82) is 0 Å². The minimum absolute atomic E-state index is 0.0368. The van der Waals surface area contributed by atoms with E-state index in [9.17, 15) is 19.5 Å². The molecule has 0 heterocycles. The van der Waals surface area contributed by atoms with E-state index in [-0.39, 0.29) is 28.2 Å². The number of rotatable bonds is 8. The topological polar surface area (TPSA) is 80.7 Å². The SMILES string of the molecule is CC(C)(Oc1ccc(C(=O)c2ccc(Cl)cc2)cc1)C(=O)SCC(=O)c1ccc(O)cc1. The van der Waals surface area contributed by atoms with Crippen molar-refractivity contribution < 1.29 is 24.2 Å². The number of phenols is 1. The van der Waals surface area contributed by atoms with Crippen molar-refractivity contribution in [2.24, 2.45) is 0 Å². The van der Waals surface area contributed by atoms with Gasteiger partial charge in [0.05, 0.1) is 5.75 Å². The van der Waals surface area contributed by atoms with Crippen LogP contribution in [0.5, 0.6) is 11.5 Å². The zero-order valence-corrected chi connectivity index (χ0v) is 19.1. The number of carbonyl (C=O) groups excluding carboxylic acids is 3. The van der Waals surface area contributed by atoms with Gasteiger partial charge in [-0.3, -0.25) is 14.4 Å². The second-order valence-corrected chi connectivity index (χ2v) is 8.90. The molecule has 0 atom stereocenters. The molecule has 1 N–H and O–H groups in total. The van der Waals surface area contributed by atoms with Crippen molar-refractivity contribution in [2.45, 2.75) is 19.4 Å². The molecule has 0 aromatic heterocycles. The number of aromatic hydroxyl groups is 1. The molecule has 0 aliphatic carbocycles. The Morgan fingerprint density at radius 2 is 1.34 bits per heavy atom. The van der Waals surface area contributed by atoms with E-state index in [1.807, 2.05) is 0 Å². The molecular formula is C25H21ClO5S. The van der Waals surface area contributed by atoms with Crippen molar-refractivity contribution in [3.63, 3.8) is 0 Å². The number of thioether (sulfide) groups is 1. The highest BCUT2D eigenvalue weighted by Crippen LogP contribution is 2.25. The van der Waals surface area contributed by atoms with Crippen LogP contribution in [-0.4, -0.2) is 33.1 Å². The van der Waals surface area contributed by atoms with Gasteiger partial charge in [0.2, 0.25) is 5.12 Å². The first-order valence-corrected chi connectivity index (χ1v) is 11.1. The molecule has 0 amide bonds. The molecule has 32 heavy (non-hydrogen) atoms. The van der Waals surface area contributed by atoms with Gasteiger partial charge in [-0.05, 0) is 86.6 Å². The molecule has 0 aliphatic heterocycles. The lowest BCUT2D eigenvalue weighted by Crippen LogP contribution is -2.36.